The molecule has 2 aromatic rings. The Morgan fingerprint density at radius 2 is 1.63 bits per heavy atom. The van der Waals surface area contributed by atoms with Gasteiger partial charge >= 0.3 is 5.97 Å². The van der Waals surface area contributed by atoms with E-state index in [1.807, 2.05) is 0 Å². The van der Waals surface area contributed by atoms with Gasteiger partial charge in [-0.25, -0.2) is 14.5 Å². The second-order valence-electron chi connectivity index (χ2n) is 3.13. The molecule has 0 unspecified atom stereocenters. The summed E-state index contributed by atoms with van der Waals surface area (Å²) < 4.78 is 0. The summed E-state index contributed by atoms with van der Waals surface area (Å²) in [5.74, 6) is -1.12. The number of carboxylic acids is 1. The van der Waals surface area contributed by atoms with Crippen LogP contribution in [0.2, 0.25) is 0 Å². The van der Waals surface area contributed by atoms with Gasteiger partial charge in [0, 0.05) is 18.6 Å². The lowest BCUT2D eigenvalue weighted by Gasteiger charge is -1.91. The molecule has 92 valence electrons. The number of carbonyl (C=O) groups is 1. The van der Waals surface area contributed by atoms with Crippen LogP contribution in [0.3, 0.4) is 0 Å². The third kappa shape index (κ3) is 4.63. The number of rotatable bonds is 1. The molecular formula is C13H8N4O2. The standard InChI is InChI=1S/C7H4N2O2.C6H4N2/c1-8-5-2-3-9-6(4-5)7(10)11;1-7-6-2-4-8-5-3-6/h2-4H,(H,10,11);2-5H. The predicted octanol–water partition coefficient (Wildman–Crippen LogP) is 2.96. The van der Waals surface area contributed by atoms with E-state index in [0.29, 0.717) is 5.69 Å². The molecule has 6 nitrogen and oxygen atoms in total. The number of carboxylic acid groups (broad SMARTS) is 1. The van der Waals surface area contributed by atoms with Gasteiger partial charge in [0.2, 0.25) is 0 Å². The van der Waals surface area contributed by atoms with Crippen LogP contribution in [0.15, 0.2) is 42.9 Å². The second-order valence-corrected chi connectivity index (χ2v) is 3.13. The summed E-state index contributed by atoms with van der Waals surface area (Å²) >= 11 is 0. The minimum absolute atomic E-state index is 0.0986. The summed E-state index contributed by atoms with van der Waals surface area (Å²) in [6, 6.07) is 6.04. The molecule has 19 heavy (non-hydrogen) atoms. The van der Waals surface area contributed by atoms with Gasteiger partial charge in [-0.1, -0.05) is 0 Å². The molecule has 2 rings (SSSR count). The van der Waals surface area contributed by atoms with Gasteiger partial charge in [-0.3, -0.25) is 9.97 Å². The van der Waals surface area contributed by atoms with Crippen LogP contribution in [0.25, 0.3) is 9.69 Å². The smallest absolute Gasteiger partial charge is 0.353 e. The van der Waals surface area contributed by atoms with Crippen LogP contribution in [0, 0.1) is 13.1 Å². The maximum Gasteiger partial charge on any atom is 0.353 e. The largest absolute Gasteiger partial charge is 0.477 e. The predicted molar refractivity (Wildman–Crippen MR) is 68.0 cm³/mol. The molecule has 0 bridgehead atoms. The Bertz CT molecular complexity index is 642. The van der Waals surface area contributed by atoms with Crippen molar-refractivity contribution in [1.29, 1.82) is 0 Å². The molecule has 0 aliphatic heterocycles. The van der Waals surface area contributed by atoms with E-state index in [1.54, 1.807) is 24.5 Å². The van der Waals surface area contributed by atoms with Crippen molar-refractivity contribution in [2.45, 2.75) is 0 Å². The third-order valence-corrected chi connectivity index (χ3v) is 1.88. The fourth-order valence-electron chi connectivity index (χ4n) is 1.02. The van der Waals surface area contributed by atoms with E-state index in [4.69, 9.17) is 18.3 Å². The molecule has 0 aromatic carbocycles. The van der Waals surface area contributed by atoms with Crippen molar-refractivity contribution in [3.63, 3.8) is 0 Å². The number of hydrogen-bond acceptors (Lipinski definition) is 3. The van der Waals surface area contributed by atoms with Gasteiger partial charge in [0.05, 0.1) is 13.1 Å². The Morgan fingerprint density at radius 3 is 2.11 bits per heavy atom. The molecule has 1 N–H and O–H groups in total. The topological polar surface area (TPSA) is 71.8 Å². The van der Waals surface area contributed by atoms with Crippen LogP contribution in [-0.4, -0.2) is 21.0 Å². The summed E-state index contributed by atoms with van der Waals surface area (Å²) in [7, 11) is 0. The van der Waals surface area contributed by atoms with Crippen LogP contribution < -0.4 is 0 Å². The van der Waals surface area contributed by atoms with Gasteiger partial charge in [-0.15, -0.1) is 0 Å². The molecule has 0 aliphatic carbocycles. The van der Waals surface area contributed by atoms with Gasteiger partial charge < -0.3 is 5.11 Å². The van der Waals surface area contributed by atoms with Crippen molar-refractivity contribution >= 4 is 17.3 Å². The van der Waals surface area contributed by atoms with E-state index < -0.39 is 5.97 Å². The van der Waals surface area contributed by atoms with E-state index in [1.165, 1.54) is 18.3 Å². The number of aromatic nitrogens is 2. The molecule has 0 aliphatic rings. The lowest BCUT2D eigenvalue weighted by atomic mass is 10.3. The molecular weight excluding hydrogens is 244 g/mol. The van der Waals surface area contributed by atoms with Crippen molar-refractivity contribution in [3.05, 3.63) is 71.4 Å². The van der Waals surface area contributed by atoms with E-state index in [9.17, 15) is 4.79 Å². The number of nitrogens with zero attached hydrogens (tertiary/aromatic N) is 4. The maximum atomic E-state index is 10.3. The van der Waals surface area contributed by atoms with Gasteiger partial charge in [0.25, 0.3) is 0 Å². The minimum atomic E-state index is -1.12. The summed E-state index contributed by atoms with van der Waals surface area (Å²) in [6.07, 6.45) is 4.51. The van der Waals surface area contributed by atoms with E-state index in [0.717, 1.165) is 0 Å². The Labute approximate surface area is 109 Å². The van der Waals surface area contributed by atoms with Crippen LogP contribution in [0.1, 0.15) is 10.5 Å². The van der Waals surface area contributed by atoms with Crippen LogP contribution in [0.4, 0.5) is 11.4 Å². The third-order valence-electron chi connectivity index (χ3n) is 1.88. The highest BCUT2D eigenvalue weighted by atomic mass is 16.4. The molecule has 0 saturated heterocycles. The normalized spacial score (nSPS) is 8.32. The highest BCUT2D eigenvalue weighted by Gasteiger charge is 2.03. The monoisotopic (exact) mass is 252 g/mol. The van der Waals surface area contributed by atoms with Crippen LogP contribution in [-0.2, 0) is 0 Å². The molecule has 0 fully saturated rings. The molecule has 2 heterocycles. The minimum Gasteiger partial charge on any atom is -0.477 e. The fraction of sp³-hybridized carbons (Fsp3) is 0. The number of hydrogen-bond donors (Lipinski definition) is 1. The van der Waals surface area contributed by atoms with Crippen molar-refractivity contribution in [1.82, 2.24) is 9.97 Å². The first kappa shape index (κ1) is 13.8. The lowest BCUT2D eigenvalue weighted by molar-refractivity contribution is 0.0690. The molecule has 2 aromatic heterocycles. The Balaban J connectivity index is 0.000000200. The van der Waals surface area contributed by atoms with Gasteiger partial charge in [0.15, 0.2) is 11.4 Å². The SMILES string of the molecule is [C-]#[N+]c1ccnc(C(=O)O)c1.[C-]#[N+]c1ccncc1. The fourth-order valence-corrected chi connectivity index (χ4v) is 1.02. The van der Waals surface area contributed by atoms with Crippen molar-refractivity contribution < 1.29 is 9.90 Å². The quantitative estimate of drug-likeness (QED) is 0.792. The van der Waals surface area contributed by atoms with Gasteiger partial charge in [-0.05, 0) is 24.3 Å². The Kier molecular flexibility index (Phi) is 5.20. The highest BCUT2D eigenvalue weighted by molar-refractivity contribution is 5.86. The maximum absolute atomic E-state index is 10.3. The molecule has 0 amide bonds. The summed E-state index contributed by atoms with van der Waals surface area (Å²) in [5, 5.41) is 8.44. The Morgan fingerprint density at radius 1 is 1.05 bits per heavy atom. The molecule has 0 saturated carbocycles. The van der Waals surface area contributed by atoms with E-state index in [-0.39, 0.29) is 11.4 Å². The average Bonchev–Trinajstić information content (AvgIpc) is 2.48. The first-order valence-electron chi connectivity index (χ1n) is 5.01. The summed E-state index contributed by atoms with van der Waals surface area (Å²) in [6.45, 7) is 13.1. The second kappa shape index (κ2) is 7.15. The van der Waals surface area contributed by atoms with E-state index >= 15 is 0 Å². The summed E-state index contributed by atoms with van der Waals surface area (Å²) in [4.78, 5) is 23.8. The first-order valence-corrected chi connectivity index (χ1v) is 5.01. The number of pyridine rings is 2. The zero-order valence-corrected chi connectivity index (χ0v) is 9.69. The van der Waals surface area contributed by atoms with E-state index in [2.05, 4.69) is 19.7 Å². The van der Waals surface area contributed by atoms with Crippen molar-refractivity contribution in [2.24, 2.45) is 0 Å². The molecule has 0 atom stereocenters. The molecule has 0 spiro atoms. The van der Waals surface area contributed by atoms with Crippen LogP contribution in [0.5, 0.6) is 0 Å². The van der Waals surface area contributed by atoms with Crippen LogP contribution >= 0.6 is 0 Å². The zero-order chi connectivity index (χ0) is 14.1. The average molecular weight is 252 g/mol. The summed E-state index contributed by atoms with van der Waals surface area (Å²) in [5.41, 5.74) is 0.830. The van der Waals surface area contributed by atoms with Gasteiger partial charge in [-0.2, -0.15) is 0 Å². The molecule has 6 heteroatoms. The zero-order valence-electron chi connectivity index (χ0n) is 9.69. The highest BCUT2D eigenvalue weighted by Crippen LogP contribution is 2.10. The van der Waals surface area contributed by atoms with Crippen molar-refractivity contribution in [3.8, 4) is 0 Å². The van der Waals surface area contributed by atoms with Gasteiger partial charge in [0.1, 0.15) is 5.69 Å². The molecule has 0 radical (unpaired) electrons. The number of aromatic carboxylic acids is 1. The first-order chi connectivity index (χ1) is 9.17. The Hall–Kier alpha value is -3.25. The lowest BCUT2D eigenvalue weighted by Crippen LogP contribution is -1.98. The van der Waals surface area contributed by atoms with Crippen molar-refractivity contribution in [2.75, 3.05) is 0 Å².